The third-order valence-electron chi connectivity index (χ3n) is 2.00. The van der Waals surface area contributed by atoms with Crippen molar-refractivity contribution in [2.24, 2.45) is 0 Å². The van der Waals surface area contributed by atoms with Crippen LogP contribution in [-0.2, 0) is 16.0 Å². The molecule has 0 radical (unpaired) electrons. The van der Waals surface area contributed by atoms with E-state index in [0.29, 0.717) is 5.75 Å². The topological polar surface area (TPSA) is 61.8 Å². The predicted molar refractivity (Wildman–Crippen MR) is 60.4 cm³/mol. The number of hydrogen-bond acceptors (Lipinski definition) is 5. The van der Waals surface area contributed by atoms with E-state index < -0.39 is 6.16 Å². The molecule has 5 nitrogen and oxygen atoms in total. The van der Waals surface area contributed by atoms with Crippen LogP contribution in [0.4, 0.5) is 4.79 Å². The molecule has 0 N–H and O–H groups in total. The van der Waals surface area contributed by atoms with E-state index in [9.17, 15) is 9.59 Å². The maximum absolute atomic E-state index is 11.1. The van der Waals surface area contributed by atoms with Crippen molar-refractivity contribution < 1.29 is 23.8 Å². The molecule has 0 heterocycles. The van der Waals surface area contributed by atoms with Gasteiger partial charge in [0.2, 0.25) is 0 Å². The smallest absolute Gasteiger partial charge is 0.493 e. The molecule has 5 heteroatoms. The highest BCUT2D eigenvalue weighted by Crippen LogP contribution is 2.28. The number of rotatable bonds is 5. The summed E-state index contributed by atoms with van der Waals surface area (Å²) in [6.45, 7) is 1.93. The molecule has 1 aromatic rings. The molecule has 0 atom stereocenters. The van der Waals surface area contributed by atoms with Crippen LogP contribution in [0.3, 0.4) is 0 Å². The van der Waals surface area contributed by atoms with Crippen molar-refractivity contribution in [2.75, 3.05) is 13.7 Å². The van der Waals surface area contributed by atoms with Crippen molar-refractivity contribution in [1.82, 2.24) is 0 Å². The largest absolute Gasteiger partial charge is 0.513 e. The number of aldehydes is 1. The Morgan fingerprint density at radius 3 is 2.71 bits per heavy atom. The quantitative estimate of drug-likeness (QED) is 0.446. The molecule has 0 saturated heterocycles. The van der Waals surface area contributed by atoms with Gasteiger partial charge in [0, 0.05) is 6.42 Å². The van der Waals surface area contributed by atoms with Crippen LogP contribution in [0, 0.1) is 0 Å². The molecule has 0 amide bonds. The summed E-state index contributed by atoms with van der Waals surface area (Å²) in [5, 5.41) is 0. The standard InChI is InChI=1S/C12H14O5/c1-3-16-12(14)17-10-5-4-9(6-7-13)8-11(10)15-2/h4-5,7-8H,3,6H2,1-2H3. The molecule has 0 aliphatic carbocycles. The van der Waals surface area contributed by atoms with E-state index in [0.717, 1.165) is 11.8 Å². The van der Waals surface area contributed by atoms with Crippen LogP contribution in [0.25, 0.3) is 0 Å². The van der Waals surface area contributed by atoms with E-state index in [1.54, 1.807) is 25.1 Å². The van der Waals surface area contributed by atoms with Gasteiger partial charge in [-0.3, -0.25) is 0 Å². The third kappa shape index (κ3) is 3.79. The highest BCUT2D eigenvalue weighted by atomic mass is 16.7. The van der Waals surface area contributed by atoms with Crippen LogP contribution in [0.1, 0.15) is 12.5 Å². The first-order valence-electron chi connectivity index (χ1n) is 5.16. The van der Waals surface area contributed by atoms with Gasteiger partial charge < -0.3 is 19.0 Å². The van der Waals surface area contributed by atoms with Crippen molar-refractivity contribution in [3.05, 3.63) is 23.8 Å². The van der Waals surface area contributed by atoms with E-state index in [4.69, 9.17) is 9.47 Å². The fourth-order valence-corrected chi connectivity index (χ4v) is 1.26. The number of methoxy groups -OCH3 is 1. The average molecular weight is 238 g/mol. The van der Waals surface area contributed by atoms with Crippen LogP contribution in [0.2, 0.25) is 0 Å². The molecule has 0 unspecified atom stereocenters. The Hall–Kier alpha value is -2.04. The van der Waals surface area contributed by atoms with Gasteiger partial charge in [-0.2, -0.15) is 0 Å². The summed E-state index contributed by atoms with van der Waals surface area (Å²) in [4.78, 5) is 21.5. The zero-order valence-corrected chi connectivity index (χ0v) is 9.76. The molecule has 0 aliphatic rings. The van der Waals surface area contributed by atoms with Crippen molar-refractivity contribution in [3.63, 3.8) is 0 Å². The van der Waals surface area contributed by atoms with E-state index in [1.807, 2.05) is 0 Å². The molecular weight excluding hydrogens is 224 g/mol. The Bertz CT molecular complexity index is 400. The summed E-state index contributed by atoms with van der Waals surface area (Å²) >= 11 is 0. The second kappa shape index (κ2) is 6.52. The van der Waals surface area contributed by atoms with Crippen LogP contribution < -0.4 is 9.47 Å². The van der Waals surface area contributed by atoms with Gasteiger partial charge in [-0.05, 0) is 24.6 Å². The molecule has 0 fully saturated rings. The minimum atomic E-state index is -0.783. The Kier molecular flexibility index (Phi) is 5.00. The lowest BCUT2D eigenvalue weighted by Gasteiger charge is -2.09. The lowest BCUT2D eigenvalue weighted by atomic mass is 10.1. The van der Waals surface area contributed by atoms with Gasteiger partial charge in [0.1, 0.15) is 6.29 Å². The summed E-state index contributed by atoms with van der Waals surface area (Å²) in [7, 11) is 1.46. The number of benzene rings is 1. The first-order chi connectivity index (χ1) is 8.21. The van der Waals surface area contributed by atoms with Gasteiger partial charge in [0.05, 0.1) is 13.7 Å². The van der Waals surface area contributed by atoms with Gasteiger partial charge in [-0.25, -0.2) is 4.79 Å². The van der Waals surface area contributed by atoms with Crippen molar-refractivity contribution in [2.45, 2.75) is 13.3 Å². The minimum Gasteiger partial charge on any atom is -0.493 e. The summed E-state index contributed by atoms with van der Waals surface area (Å²) in [5.74, 6) is 0.651. The van der Waals surface area contributed by atoms with Crippen LogP contribution in [0.5, 0.6) is 11.5 Å². The molecule has 1 aromatic carbocycles. The van der Waals surface area contributed by atoms with Crippen LogP contribution >= 0.6 is 0 Å². The van der Waals surface area contributed by atoms with E-state index in [1.165, 1.54) is 7.11 Å². The van der Waals surface area contributed by atoms with Gasteiger partial charge in [-0.15, -0.1) is 0 Å². The molecular formula is C12H14O5. The summed E-state index contributed by atoms with van der Waals surface area (Å²) in [6.07, 6.45) is 0.297. The minimum absolute atomic E-state index is 0.240. The van der Waals surface area contributed by atoms with Crippen molar-refractivity contribution in [1.29, 1.82) is 0 Å². The second-order valence-corrected chi connectivity index (χ2v) is 3.14. The lowest BCUT2D eigenvalue weighted by molar-refractivity contribution is -0.107. The maximum Gasteiger partial charge on any atom is 0.513 e. The van der Waals surface area contributed by atoms with Gasteiger partial charge in [0.15, 0.2) is 11.5 Å². The molecule has 1 rings (SSSR count). The highest BCUT2D eigenvalue weighted by Gasteiger charge is 2.11. The normalized spacial score (nSPS) is 9.53. The highest BCUT2D eigenvalue weighted by molar-refractivity contribution is 5.66. The maximum atomic E-state index is 11.1. The number of carbonyl (C=O) groups excluding carboxylic acids is 2. The number of carbonyl (C=O) groups is 2. The Balaban J connectivity index is 2.84. The van der Waals surface area contributed by atoms with Crippen LogP contribution in [0.15, 0.2) is 18.2 Å². The van der Waals surface area contributed by atoms with Crippen molar-refractivity contribution >= 4 is 12.4 Å². The SMILES string of the molecule is CCOC(=O)Oc1ccc(CC=O)cc1OC. The van der Waals surface area contributed by atoms with E-state index in [2.05, 4.69) is 4.74 Å². The van der Waals surface area contributed by atoms with Crippen LogP contribution in [-0.4, -0.2) is 26.2 Å². The van der Waals surface area contributed by atoms with E-state index >= 15 is 0 Å². The zero-order chi connectivity index (χ0) is 12.7. The summed E-state index contributed by atoms with van der Waals surface area (Å²) in [6, 6.07) is 4.89. The monoisotopic (exact) mass is 238 g/mol. The molecule has 0 bridgehead atoms. The molecule has 17 heavy (non-hydrogen) atoms. The summed E-state index contributed by atoms with van der Waals surface area (Å²) in [5.41, 5.74) is 0.785. The fraction of sp³-hybridized carbons (Fsp3) is 0.333. The Morgan fingerprint density at radius 2 is 2.12 bits per heavy atom. The average Bonchev–Trinajstić information content (AvgIpc) is 2.31. The van der Waals surface area contributed by atoms with Gasteiger partial charge in [-0.1, -0.05) is 6.07 Å². The second-order valence-electron chi connectivity index (χ2n) is 3.14. The number of ether oxygens (including phenoxy) is 3. The van der Waals surface area contributed by atoms with Crippen molar-refractivity contribution in [3.8, 4) is 11.5 Å². The van der Waals surface area contributed by atoms with Gasteiger partial charge >= 0.3 is 6.16 Å². The Morgan fingerprint density at radius 1 is 1.35 bits per heavy atom. The first-order valence-corrected chi connectivity index (χ1v) is 5.16. The first kappa shape index (κ1) is 13.0. The molecule has 0 spiro atoms. The predicted octanol–water partition coefficient (Wildman–Crippen LogP) is 1.97. The lowest BCUT2D eigenvalue weighted by Crippen LogP contribution is -2.10. The van der Waals surface area contributed by atoms with Gasteiger partial charge in [0.25, 0.3) is 0 Å². The summed E-state index contributed by atoms with van der Waals surface area (Å²) < 4.78 is 14.6. The third-order valence-corrected chi connectivity index (χ3v) is 2.00. The molecule has 0 aromatic heterocycles. The molecule has 0 aliphatic heterocycles. The Labute approximate surface area is 99.3 Å². The zero-order valence-electron chi connectivity index (χ0n) is 9.76. The number of hydrogen-bond donors (Lipinski definition) is 0. The van der Waals surface area contributed by atoms with E-state index in [-0.39, 0.29) is 18.8 Å². The fourth-order valence-electron chi connectivity index (χ4n) is 1.26. The molecule has 92 valence electrons. The molecule has 0 saturated carbocycles.